The molecule has 1 aromatic heterocycles. The van der Waals surface area contributed by atoms with E-state index in [-0.39, 0.29) is 5.91 Å². The molecule has 2 aliphatic rings. The molecule has 1 aromatic rings. The minimum absolute atomic E-state index is 0.0303. The second kappa shape index (κ2) is 3.88. The summed E-state index contributed by atoms with van der Waals surface area (Å²) >= 11 is 0. The maximum atomic E-state index is 12.6. The van der Waals surface area contributed by atoms with Crippen LogP contribution < -0.4 is 5.01 Å². The van der Waals surface area contributed by atoms with Crippen molar-refractivity contribution in [3.63, 3.8) is 0 Å². The van der Waals surface area contributed by atoms with Crippen LogP contribution in [0.4, 0.5) is 5.82 Å². The number of fused-ring (bicyclic) bond motifs is 1. The third-order valence-corrected chi connectivity index (χ3v) is 3.70. The maximum absolute atomic E-state index is 12.6. The van der Waals surface area contributed by atoms with Crippen LogP contribution in [-0.2, 0) is 4.79 Å². The average Bonchev–Trinajstić information content (AvgIpc) is 2.63. The molecule has 0 bridgehead atoms. The zero-order valence-corrected chi connectivity index (χ0v) is 10.6. The number of carbonyl (C=O) groups is 1. The van der Waals surface area contributed by atoms with Gasteiger partial charge in [-0.05, 0) is 26.1 Å². The summed E-state index contributed by atoms with van der Waals surface area (Å²) in [7, 11) is 2.04. The minimum Gasteiger partial charge on any atom is -0.305 e. The lowest BCUT2D eigenvalue weighted by Gasteiger charge is -2.34. The number of hydrazone groups is 1. The van der Waals surface area contributed by atoms with Crippen molar-refractivity contribution in [2.24, 2.45) is 10.5 Å². The summed E-state index contributed by atoms with van der Waals surface area (Å²) in [6.07, 6.45) is 2.53. The minimum atomic E-state index is -0.482. The van der Waals surface area contributed by atoms with Gasteiger partial charge in [0.05, 0.1) is 5.71 Å². The van der Waals surface area contributed by atoms with Crippen molar-refractivity contribution >= 4 is 17.4 Å². The lowest BCUT2D eigenvalue weighted by atomic mass is 9.80. The molecule has 2 aliphatic heterocycles. The van der Waals surface area contributed by atoms with Gasteiger partial charge < -0.3 is 4.90 Å². The van der Waals surface area contributed by atoms with E-state index in [1.165, 1.54) is 5.01 Å². The summed E-state index contributed by atoms with van der Waals surface area (Å²) in [4.78, 5) is 18.9. The highest BCUT2D eigenvalue weighted by Crippen LogP contribution is 2.36. The molecule has 3 heterocycles. The predicted molar refractivity (Wildman–Crippen MR) is 69.4 cm³/mol. The van der Waals surface area contributed by atoms with E-state index in [1.807, 2.05) is 32.2 Å². The first-order valence-corrected chi connectivity index (χ1v) is 6.13. The van der Waals surface area contributed by atoms with Crippen molar-refractivity contribution in [3.05, 3.63) is 24.4 Å². The fraction of sp³-hybridized carbons (Fsp3) is 0.462. The van der Waals surface area contributed by atoms with Crippen LogP contribution in [0, 0.1) is 5.41 Å². The number of piperidine rings is 1. The van der Waals surface area contributed by atoms with Gasteiger partial charge in [0.25, 0.3) is 5.91 Å². The van der Waals surface area contributed by atoms with E-state index in [9.17, 15) is 4.79 Å². The molecule has 0 aromatic carbocycles. The van der Waals surface area contributed by atoms with E-state index in [0.29, 0.717) is 5.82 Å². The Hall–Kier alpha value is -1.75. The topological polar surface area (TPSA) is 48.8 Å². The first-order valence-electron chi connectivity index (χ1n) is 6.13. The van der Waals surface area contributed by atoms with Gasteiger partial charge in [-0.2, -0.15) is 10.1 Å². The molecule has 0 spiro atoms. The van der Waals surface area contributed by atoms with Gasteiger partial charge >= 0.3 is 0 Å². The van der Waals surface area contributed by atoms with Gasteiger partial charge in [0.2, 0.25) is 0 Å². The smallest absolute Gasteiger partial charge is 0.261 e. The zero-order valence-electron chi connectivity index (χ0n) is 10.6. The van der Waals surface area contributed by atoms with Gasteiger partial charge in [0, 0.05) is 25.7 Å². The Morgan fingerprint density at radius 1 is 1.39 bits per heavy atom. The fourth-order valence-corrected chi connectivity index (χ4v) is 2.67. The van der Waals surface area contributed by atoms with E-state index < -0.39 is 5.41 Å². The molecule has 0 saturated carbocycles. The molecule has 1 saturated heterocycles. The second-order valence-electron chi connectivity index (χ2n) is 5.17. The highest BCUT2D eigenvalue weighted by atomic mass is 16.2. The van der Waals surface area contributed by atoms with E-state index in [2.05, 4.69) is 15.0 Å². The van der Waals surface area contributed by atoms with Gasteiger partial charge in [-0.25, -0.2) is 4.98 Å². The van der Waals surface area contributed by atoms with Gasteiger partial charge in [-0.15, -0.1) is 0 Å². The number of rotatable bonds is 1. The van der Waals surface area contributed by atoms with Gasteiger partial charge in [0.15, 0.2) is 5.82 Å². The molecule has 1 unspecified atom stereocenters. The summed E-state index contributed by atoms with van der Waals surface area (Å²) < 4.78 is 0. The highest BCUT2D eigenvalue weighted by molar-refractivity contribution is 6.19. The van der Waals surface area contributed by atoms with Crippen LogP contribution in [0.25, 0.3) is 0 Å². The van der Waals surface area contributed by atoms with E-state index in [1.54, 1.807) is 6.20 Å². The molecule has 1 amide bonds. The standard InChI is InChI=1S/C13H16N4O/c1-13-9-16(2)8-6-10(13)15-17(12(13)18)11-5-3-4-7-14-11/h3-5,7H,6,8-9H2,1-2H3. The zero-order chi connectivity index (χ0) is 12.8. The summed E-state index contributed by atoms with van der Waals surface area (Å²) in [5, 5.41) is 5.93. The number of pyridine rings is 1. The summed E-state index contributed by atoms with van der Waals surface area (Å²) in [5.74, 6) is 0.635. The van der Waals surface area contributed by atoms with Crippen LogP contribution in [-0.4, -0.2) is 41.6 Å². The molecule has 1 fully saturated rings. The lowest BCUT2D eigenvalue weighted by Crippen LogP contribution is -2.50. The van der Waals surface area contributed by atoms with Crippen LogP contribution in [0.3, 0.4) is 0 Å². The normalized spacial score (nSPS) is 28.2. The van der Waals surface area contributed by atoms with E-state index >= 15 is 0 Å². The number of likely N-dealkylation sites (tertiary alicyclic amines) is 1. The monoisotopic (exact) mass is 244 g/mol. The summed E-state index contributed by atoms with van der Waals surface area (Å²) in [5.41, 5.74) is 0.501. The van der Waals surface area contributed by atoms with Crippen LogP contribution in [0.1, 0.15) is 13.3 Å². The predicted octanol–water partition coefficient (Wildman–Crippen LogP) is 1.13. The van der Waals surface area contributed by atoms with Crippen molar-refractivity contribution in [2.45, 2.75) is 13.3 Å². The first kappa shape index (κ1) is 11.3. The largest absolute Gasteiger partial charge is 0.305 e. The van der Waals surface area contributed by atoms with Crippen LogP contribution >= 0.6 is 0 Å². The number of hydrogen-bond acceptors (Lipinski definition) is 4. The van der Waals surface area contributed by atoms with Crippen LogP contribution in [0.15, 0.2) is 29.5 Å². The van der Waals surface area contributed by atoms with Crippen molar-refractivity contribution < 1.29 is 4.79 Å². The van der Waals surface area contributed by atoms with Crippen molar-refractivity contribution in [1.29, 1.82) is 0 Å². The fourth-order valence-electron chi connectivity index (χ4n) is 2.67. The third kappa shape index (κ3) is 1.54. The lowest BCUT2D eigenvalue weighted by molar-refractivity contribution is -0.124. The maximum Gasteiger partial charge on any atom is 0.261 e. The second-order valence-corrected chi connectivity index (χ2v) is 5.17. The number of hydrogen-bond donors (Lipinski definition) is 0. The molecule has 1 atom stereocenters. The van der Waals surface area contributed by atoms with Crippen molar-refractivity contribution in [3.8, 4) is 0 Å². The molecular weight excluding hydrogens is 228 g/mol. The number of nitrogens with zero attached hydrogens (tertiary/aromatic N) is 4. The SMILES string of the molecule is CN1CCC2=NN(c3ccccn3)C(=O)C2(C)C1. The Kier molecular flexibility index (Phi) is 2.45. The molecule has 0 radical (unpaired) electrons. The Labute approximate surface area is 106 Å². The molecule has 5 nitrogen and oxygen atoms in total. The quantitative estimate of drug-likeness (QED) is 0.744. The Morgan fingerprint density at radius 3 is 2.94 bits per heavy atom. The van der Waals surface area contributed by atoms with Crippen LogP contribution in [0.5, 0.6) is 0 Å². The number of carbonyl (C=O) groups excluding carboxylic acids is 1. The Balaban J connectivity index is 1.98. The summed E-state index contributed by atoms with van der Waals surface area (Å²) in [6.45, 7) is 3.67. The Morgan fingerprint density at radius 2 is 2.22 bits per heavy atom. The molecule has 3 rings (SSSR count). The van der Waals surface area contributed by atoms with E-state index in [0.717, 1.165) is 25.2 Å². The van der Waals surface area contributed by atoms with E-state index in [4.69, 9.17) is 0 Å². The molecule has 18 heavy (non-hydrogen) atoms. The van der Waals surface area contributed by atoms with Gasteiger partial charge in [-0.3, -0.25) is 4.79 Å². The first-order chi connectivity index (χ1) is 8.61. The molecule has 5 heteroatoms. The number of amides is 1. The molecule has 94 valence electrons. The molecule has 0 N–H and O–H groups in total. The highest BCUT2D eigenvalue weighted by Gasteiger charge is 2.50. The van der Waals surface area contributed by atoms with Gasteiger partial charge in [0.1, 0.15) is 5.41 Å². The van der Waals surface area contributed by atoms with Crippen molar-refractivity contribution in [2.75, 3.05) is 25.1 Å². The van der Waals surface area contributed by atoms with Crippen LogP contribution in [0.2, 0.25) is 0 Å². The van der Waals surface area contributed by atoms with Gasteiger partial charge in [-0.1, -0.05) is 6.07 Å². The number of anilines is 1. The van der Waals surface area contributed by atoms with Crippen molar-refractivity contribution in [1.82, 2.24) is 9.88 Å². The summed E-state index contributed by atoms with van der Waals surface area (Å²) in [6, 6.07) is 5.51. The molecule has 0 aliphatic carbocycles. The molecular formula is C13H16N4O. The third-order valence-electron chi connectivity index (χ3n) is 3.70. The Bertz CT molecular complexity index is 513. The average molecular weight is 244 g/mol. The number of aromatic nitrogens is 1.